The zero-order chi connectivity index (χ0) is 15.8. The fourth-order valence-corrected chi connectivity index (χ4v) is 4.06. The molecule has 1 aromatic carbocycles. The van der Waals surface area contributed by atoms with Gasteiger partial charge in [0.1, 0.15) is 0 Å². The van der Waals surface area contributed by atoms with Crippen LogP contribution in [0.25, 0.3) is 0 Å². The van der Waals surface area contributed by atoms with E-state index >= 15 is 0 Å². The molecule has 1 heterocycles. The summed E-state index contributed by atoms with van der Waals surface area (Å²) in [6, 6.07) is 9.18. The molecule has 1 aromatic rings. The minimum absolute atomic E-state index is 0.0996. The normalized spacial score (nSPS) is 31.2. The highest BCUT2D eigenvalue weighted by atomic mass is 16.3. The lowest BCUT2D eigenvalue weighted by atomic mass is 9.66. The Morgan fingerprint density at radius 3 is 2.50 bits per heavy atom. The number of primary amides is 1. The van der Waals surface area contributed by atoms with E-state index in [9.17, 15) is 9.90 Å². The fourth-order valence-electron chi connectivity index (χ4n) is 4.06. The van der Waals surface area contributed by atoms with E-state index < -0.39 is 11.8 Å². The summed E-state index contributed by atoms with van der Waals surface area (Å²) < 4.78 is 0. The van der Waals surface area contributed by atoms with E-state index in [1.165, 1.54) is 11.4 Å². The molecule has 1 aliphatic carbocycles. The molecule has 2 aliphatic rings. The van der Waals surface area contributed by atoms with Gasteiger partial charge in [0.25, 0.3) is 0 Å². The van der Waals surface area contributed by atoms with E-state index in [-0.39, 0.29) is 11.5 Å². The minimum Gasteiger partial charge on any atom is -0.369 e. The number of carbonyl (C=O) groups excluding carboxylic acids is 1. The number of aliphatic hydroxyl groups is 1. The fraction of sp³-hybridized carbons (Fsp3) is 0.588. The summed E-state index contributed by atoms with van der Waals surface area (Å²) in [6.45, 7) is 2.08. The summed E-state index contributed by atoms with van der Waals surface area (Å²) in [5.41, 5.74) is 8.17. The number of hydrogen-bond donors (Lipinski definition) is 3. The maximum absolute atomic E-state index is 11.9. The van der Waals surface area contributed by atoms with Crippen molar-refractivity contribution in [3.8, 4) is 0 Å². The van der Waals surface area contributed by atoms with Crippen LogP contribution in [0.1, 0.15) is 57.1 Å². The van der Waals surface area contributed by atoms with Gasteiger partial charge in [0.05, 0.1) is 6.04 Å². The highest BCUT2D eigenvalue weighted by molar-refractivity contribution is 5.72. The summed E-state index contributed by atoms with van der Waals surface area (Å²) in [7, 11) is 0. The molecule has 1 saturated carbocycles. The number of rotatable bonds is 2. The van der Waals surface area contributed by atoms with Crippen LogP contribution in [-0.2, 0) is 0 Å². The molecule has 2 atom stereocenters. The summed E-state index contributed by atoms with van der Waals surface area (Å²) >= 11 is 0. The molecule has 2 fully saturated rings. The predicted octanol–water partition coefficient (Wildman–Crippen LogP) is 2.68. The molecule has 3 rings (SSSR count). The predicted molar refractivity (Wildman–Crippen MR) is 84.5 cm³/mol. The molecule has 1 saturated heterocycles. The van der Waals surface area contributed by atoms with Crippen molar-refractivity contribution in [2.45, 2.75) is 57.2 Å². The first kappa shape index (κ1) is 15.3. The van der Waals surface area contributed by atoms with Crippen LogP contribution in [0.2, 0.25) is 0 Å². The zero-order valence-corrected chi connectivity index (χ0v) is 13.1. The molecule has 0 radical (unpaired) electrons. The lowest BCUT2D eigenvalue weighted by Crippen LogP contribution is -2.62. The summed E-state index contributed by atoms with van der Waals surface area (Å²) in [5.74, 6) is 0. The molecule has 0 bridgehead atoms. The SMILES string of the molecule is CC1([C@@]2(O)C[C@H](c3ccccc3)NN2C(N)=O)CCCCC1. The van der Waals surface area contributed by atoms with Crippen molar-refractivity contribution < 1.29 is 9.90 Å². The highest BCUT2D eigenvalue weighted by Crippen LogP contribution is 2.51. The lowest BCUT2D eigenvalue weighted by molar-refractivity contribution is -0.170. The molecule has 5 nitrogen and oxygen atoms in total. The van der Waals surface area contributed by atoms with Gasteiger partial charge in [-0.2, -0.15) is 0 Å². The molecular weight excluding hydrogens is 278 g/mol. The van der Waals surface area contributed by atoms with E-state index in [4.69, 9.17) is 5.73 Å². The Balaban J connectivity index is 1.93. The van der Waals surface area contributed by atoms with E-state index in [1.807, 2.05) is 30.3 Å². The number of amides is 2. The van der Waals surface area contributed by atoms with Crippen LogP contribution < -0.4 is 11.2 Å². The highest BCUT2D eigenvalue weighted by Gasteiger charge is 2.57. The Bertz CT molecular complexity index is 542. The Hall–Kier alpha value is -1.59. The van der Waals surface area contributed by atoms with Gasteiger partial charge in [0, 0.05) is 11.8 Å². The van der Waals surface area contributed by atoms with Crippen LogP contribution in [0.5, 0.6) is 0 Å². The first-order valence-corrected chi connectivity index (χ1v) is 8.09. The molecular formula is C17H25N3O2. The van der Waals surface area contributed by atoms with Crippen LogP contribution >= 0.6 is 0 Å². The zero-order valence-electron chi connectivity index (χ0n) is 13.1. The van der Waals surface area contributed by atoms with E-state index in [1.54, 1.807) is 0 Å². The molecule has 0 unspecified atom stereocenters. The van der Waals surface area contributed by atoms with Gasteiger partial charge < -0.3 is 10.8 Å². The average Bonchev–Trinajstić information content (AvgIpc) is 2.89. The molecule has 5 heteroatoms. The number of benzene rings is 1. The molecule has 0 spiro atoms. The van der Waals surface area contributed by atoms with Gasteiger partial charge >= 0.3 is 6.03 Å². The second-order valence-electron chi connectivity index (χ2n) is 6.91. The van der Waals surface area contributed by atoms with Gasteiger partial charge in [0.15, 0.2) is 5.72 Å². The number of urea groups is 1. The Morgan fingerprint density at radius 1 is 1.27 bits per heavy atom. The van der Waals surface area contributed by atoms with Crippen LogP contribution in [0.4, 0.5) is 4.79 Å². The van der Waals surface area contributed by atoms with Crippen molar-refractivity contribution >= 4 is 6.03 Å². The molecule has 22 heavy (non-hydrogen) atoms. The number of carbonyl (C=O) groups is 1. The number of nitrogens with one attached hydrogen (secondary N) is 1. The third-order valence-electron chi connectivity index (χ3n) is 5.49. The second kappa shape index (κ2) is 5.56. The first-order chi connectivity index (χ1) is 10.5. The largest absolute Gasteiger partial charge is 0.369 e. The number of nitrogens with two attached hydrogens (primary N) is 1. The van der Waals surface area contributed by atoms with Crippen molar-refractivity contribution in [1.29, 1.82) is 0 Å². The molecule has 120 valence electrons. The second-order valence-corrected chi connectivity index (χ2v) is 6.91. The maximum atomic E-state index is 11.9. The van der Waals surface area contributed by atoms with E-state index in [0.29, 0.717) is 6.42 Å². The van der Waals surface area contributed by atoms with Crippen molar-refractivity contribution in [2.24, 2.45) is 11.1 Å². The molecule has 1 aliphatic heterocycles. The van der Waals surface area contributed by atoms with Gasteiger partial charge in [0.2, 0.25) is 0 Å². The summed E-state index contributed by atoms with van der Waals surface area (Å²) in [5, 5.41) is 12.7. The van der Waals surface area contributed by atoms with Crippen molar-refractivity contribution in [1.82, 2.24) is 10.4 Å². The first-order valence-electron chi connectivity index (χ1n) is 8.09. The topological polar surface area (TPSA) is 78.6 Å². The lowest BCUT2D eigenvalue weighted by Gasteiger charge is -2.48. The Kier molecular flexibility index (Phi) is 3.87. The van der Waals surface area contributed by atoms with E-state index in [0.717, 1.165) is 31.2 Å². The van der Waals surface area contributed by atoms with Crippen LogP contribution in [0.15, 0.2) is 30.3 Å². The van der Waals surface area contributed by atoms with Crippen molar-refractivity contribution in [2.75, 3.05) is 0 Å². The Labute approximate surface area is 131 Å². The number of hydrogen-bond acceptors (Lipinski definition) is 3. The van der Waals surface area contributed by atoms with Crippen molar-refractivity contribution in [3.63, 3.8) is 0 Å². The quantitative estimate of drug-likeness (QED) is 0.786. The van der Waals surface area contributed by atoms with Gasteiger partial charge in [-0.05, 0) is 18.4 Å². The molecule has 4 N–H and O–H groups in total. The molecule has 0 aromatic heterocycles. The summed E-state index contributed by atoms with van der Waals surface area (Å²) in [6.07, 6.45) is 5.66. The van der Waals surface area contributed by atoms with Crippen LogP contribution in [-0.4, -0.2) is 21.9 Å². The number of hydrazine groups is 1. The van der Waals surface area contributed by atoms with Gasteiger partial charge in [-0.15, -0.1) is 0 Å². The van der Waals surface area contributed by atoms with Crippen LogP contribution in [0.3, 0.4) is 0 Å². The number of nitrogens with zero attached hydrogens (tertiary/aromatic N) is 1. The van der Waals surface area contributed by atoms with E-state index in [2.05, 4.69) is 12.3 Å². The smallest absolute Gasteiger partial charge is 0.331 e. The van der Waals surface area contributed by atoms with Crippen LogP contribution in [0, 0.1) is 5.41 Å². The van der Waals surface area contributed by atoms with Crippen molar-refractivity contribution in [3.05, 3.63) is 35.9 Å². The Morgan fingerprint density at radius 2 is 1.91 bits per heavy atom. The van der Waals surface area contributed by atoms with Gasteiger partial charge in [-0.25, -0.2) is 15.2 Å². The third kappa shape index (κ3) is 2.38. The van der Waals surface area contributed by atoms with Gasteiger partial charge in [-0.1, -0.05) is 56.5 Å². The standard InChI is InChI=1S/C17H25N3O2/c1-16(10-6-3-7-11-16)17(22)12-14(19-20(17)15(18)21)13-8-4-2-5-9-13/h2,4-5,8-9,14,19,22H,3,6-7,10-12H2,1H3,(H2,18,21)/t14-,17+/m1/s1. The average molecular weight is 303 g/mol. The minimum atomic E-state index is -1.24. The monoisotopic (exact) mass is 303 g/mol. The molecule has 2 amide bonds. The maximum Gasteiger partial charge on any atom is 0.331 e. The summed E-state index contributed by atoms with van der Waals surface area (Å²) in [4.78, 5) is 11.9. The van der Waals surface area contributed by atoms with Gasteiger partial charge in [-0.3, -0.25) is 0 Å². The third-order valence-corrected chi connectivity index (χ3v) is 5.49.